The molecule has 0 aliphatic heterocycles. The van der Waals surface area contributed by atoms with Crippen molar-refractivity contribution < 1.29 is 34.9 Å². The molecule has 0 amide bonds. The van der Waals surface area contributed by atoms with E-state index in [-0.39, 0.29) is 16.4 Å². The van der Waals surface area contributed by atoms with E-state index in [9.17, 15) is 4.57 Å². The minimum Gasteiger partial charge on any atom is -0.412 e. The van der Waals surface area contributed by atoms with Gasteiger partial charge in [0.1, 0.15) is 0 Å². The summed E-state index contributed by atoms with van der Waals surface area (Å²) in [5.74, 6) is 0. The lowest BCUT2D eigenvalue weighted by Crippen LogP contribution is -1.83. The zero-order valence-electron chi connectivity index (χ0n) is 5.62. The molecule has 7 N–H and O–H groups in total. The van der Waals surface area contributed by atoms with Crippen LogP contribution < -0.4 is 0 Å². The van der Waals surface area contributed by atoms with Crippen LogP contribution in [0.5, 0.6) is 0 Å². The molecule has 7 nitrogen and oxygen atoms in total. The van der Waals surface area contributed by atoms with E-state index in [4.69, 9.17) is 4.89 Å². The Morgan fingerprint density at radius 1 is 1.10 bits per heavy atom. The lowest BCUT2D eigenvalue weighted by molar-refractivity contribution is 0.204. The minimum atomic E-state index is -3.65. The molecule has 0 rings (SSSR count). The molecule has 10 heavy (non-hydrogen) atoms. The Bertz CT molecular complexity index is 83.6. The van der Waals surface area contributed by atoms with E-state index in [1.165, 1.54) is 0 Å². The Balaban J connectivity index is -0.0000000600. The maximum Gasteiger partial charge on any atom is 0.471 e. The van der Waals surface area contributed by atoms with E-state index in [0.29, 0.717) is 0 Å². The molecule has 0 radical (unpaired) electrons. The van der Waals surface area contributed by atoms with Crippen LogP contribution >= 0.6 is 7.82 Å². The topological polar surface area (TPSA) is 150 Å². The highest BCUT2D eigenvalue weighted by atomic mass is 31.2. The van der Waals surface area contributed by atoms with Crippen molar-refractivity contribution in [1.82, 2.24) is 0 Å². The molecule has 0 aromatic heterocycles. The number of phosphoric acid groups is 1. The fourth-order valence-corrected chi connectivity index (χ4v) is 0.224. The lowest BCUT2D eigenvalue weighted by Gasteiger charge is -2.01. The maximum atomic E-state index is 10.1. The van der Waals surface area contributed by atoms with Crippen molar-refractivity contribution >= 4 is 7.82 Å². The van der Waals surface area contributed by atoms with Crippen molar-refractivity contribution in [3.05, 3.63) is 0 Å². The first-order valence-corrected chi connectivity index (χ1v) is 3.06. The molecule has 0 aromatic carbocycles. The second-order valence-corrected chi connectivity index (χ2v) is 2.50. The molecule has 0 atom stereocenters. The lowest BCUT2D eigenvalue weighted by atomic mass is 11.8. The first-order valence-electron chi connectivity index (χ1n) is 1.56. The van der Waals surface area contributed by atoms with Crippen LogP contribution in [-0.4, -0.2) is 35.5 Å². The summed E-state index contributed by atoms with van der Waals surface area (Å²) in [4.78, 5) is 8.24. The normalized spacial score (nSPS) is 8.30. The van der Waals surface area contributed by atoms with Gasteiger partial charge in [-0.1, -0.05) is 0 Å². The molecular formula is C2H13O7P. The van der Waals surface area contributed by atoms with E-state index >= 15 is 0 Å². The zero-order chi connectivity index (χ0) is 5.91. The van der Waals surface area contributed by atoms with Crippen molar-refractivity contribution in [1.29, 1.82) is 0 Å². The molecule has 0 fully saturated rings. The summed E-state index contributed by atoms with van der Waals surface area (Å²) in [6.45, 7) is 0. The predicted octanol–water partition coefficient (Wildman–Crippen LogP) is -2.09. The van der Waals surface area contributed by atoms with Gasteiger partial charge in [-0.15, -0.1) is 0 Å². The third kappa shape index (κ3) is 10.9. The van der Waals surface area contributed by atoms with Crippen LogP contribution in [0.2, 0.25) is 0 Å². The van der Waals surface area contributed by atoms with Gasteiger partial charge in [0.15, 0.2) is 0 Å². The van der Waals surface area contributed by atoms with Crippen molar-refractivity contribution in [2.24, 2.45) is 0 Å². The van der Waals surface area contributed by atoms with Crippen LogP contribution in [-0.2, 0) is 13.6 Å². The molecule has 0 aliphatic carbocycles. The van der Waals surface area contributed by atoms with Crippen LogP contribution in [0.25, 0.3) is 0 Å². The molecule has 0 heterocycles. The van der Waals surface area contributed by atoms with Gasteiger partial charge < -0.3 is 21.3 Å². The SMILES string of the molecule is COP(=O)(O)OC.O.O.O. The quantitative estimate of drug-likeness (QED) is 0.484. The van der Waals surface area contributed by atoms with Gasteiger partial charge in [-0.3, -0.25) is 9.05 Å². The van der Waals surface area contributed by atoms with E-state index in [0.717, 1.165) is 14.2 Å². The summed E-state index contributed by atoms with van der Waals surface area (Å²) in [5, 5.41) is 0. The van der Waals surface area contributed by atoms with E-state index < -0.39 is 7.82 Å². The van der Waals surface area contributed by atoms with Crippen LogP contribution in [0, 0.1) is 0 Å². The van der Waals surface area contributed by atoms with Crippen molar-refractivity contribution in [2.75, 3.05) is 14.2 Å². The van der Waals surface area contributed by atoms with Crippen molar-refractivity contribution in [3.63, 3.8) is 0 Å². The minimum absolute atomic E-state index is 0. The number of phosphoric ester groups is 1. The van der Waals surface area contributed by atoms with E-state index in [1.807, 2.05) is 0 Å². The summed E-state index contributed by atoms with van der Waals surface area (Å²) < 4.78 is 18.0. The summed E-state index contributed by atoms with van der Waals surface area (Å²) in [5.41, 5.74) is 0. The van der Waals surface area contributed by atoms with Gasteiger partial charge in [-0.25, -0.2) is 4.57 Å². The number of hydrogen-bond acceptors (Lipinski definition) is 3. The third-order valence-corrected chi connectivity index (χ3v) is 1.38. The Hall–Kier alpha value is -0.0100. The van der Waals surface area contributed by atoms with Gasteiger partial charge in [0.25, 0.3) is 0 Å². The molecule has 0 aliphatic rings. The monoisotopic (exact) mass is 180 g/mol. The average molecular weight is 180 g/mol. The molecule has 0 saturated heterocycles. The standard InChI is InChI=1S/C2H7O4P.3H2O/c1-5-7(3,4)6-2;;;/h1-2H3,(H,3,4);3*1H2. The Labute approximate surface area is 58.1 Å². The molecule has 0 spiro atoms. The van der Waals surface area contributed by atoms with Gasteiger partial charge in [0, 0.05) is 14.2 Å². The molecule has 0 unspecified atom stereocenters. The number of rotatable bonds is 2. The molecular weight excluding hydrogens is 167 g/mol. The molecule has 68 valence electrons. The van der Waals surface area contributed by atoms with Gasteiger partial charge in [0.2, 0.25) is 0 Å². The number of hydrogen-bond donors (Lipinski definition) is 1. The zero-order valence-corrected chi connectivity index (χ0v) is 6.51. The summed E-state index contributed by atoms with van der Waals surface area (Å²) in [7, 11) is -1.45. The second-order valence-electron chi connectivity index (χ2n) is 0.834. The predicted molar refractivity (Wildman–Crippen MR) is 34.7 cm³/mol. The maximum absolute atomic E-state index is 10.1. The molecule has 8 heteroatoms. The van der Waals surface area contributed by atoms with Gasteiger partial charge in [-0.2, -0.15) is 0 Å². The smallest absolute Gasteiger partial charge is 0.412 e. The fourth-order valence-electron chi connectivity index (χ4n) is 0.0745. The Morgan fingerprint density at radius 2 is 1.30 bits per heavy atom. The first-order chi connectivity index (χ1) is 3.12. The summed E-state index contributed by atoms with van der Waals surface area (Å²) in [6.07, 6.45) is 0. The van der Waals surface area contributed by atoms with E-state index in [1.54, 1.807) is 0 Å². The van der Waals surface area contributed by atoms with Crippen LogP contribution in [0.3, 0.4) is 0 Å². The first kappa shape index (κ1) is 22.5. The molecule has 0 saturated carbocycles. The molecule has 0 aromatic rings. The van der Waals surface area contributed by atoms with Gasteiger partial charge in [-0.05, 0) is 0 Å². The highest BCUT2D eigenvalue weighted by molar-refractivity contribution is 7.47. The van der Waals surface area contributed by atoms with Crippen LogP contribution in [0.4, 0.5) is 0 Å². The highest BCUT2D eigenvalue weighted by Gasteiger charge is 2.13. The second kappa shape index (κ2) is 8.99. The fraction of sp³-hybridized carbons (Fsp3) is 1.00. The highest BCUT2D eigenvalue weighted by Crippen LogP contribution is 2.40. The summed E-state index contributed by atoms with van der Waals surface area (Å²) in [6, 6.07) is 0. The average Bonchev–Trinajstić information content (AvgIpc) is 1.68. The molecule has 0 bridgehead atoms. The van der Waals surface area contributed by atoms with E-state index in [2.05, 4.69) is 9.05 Å². The van der Waals surface area contributed by atoms with Crippen LogP contribution in [0.15, 0.2) is 0 Å². The third-order valence-electron chi connectivity index (χ3n) is 0.461. The Morgan fingerprint density at radius 3 is 1.30 bits per heavy atom. The Kier molecular flexibility index (Phi) is 20.2. The van der Waals surface area contributed by atoms with Crippen LogP contribution in [0.1, 0.15) is 0 Å². The van der Waals surface area contributed by atoms with Gasteiger partial charge >= 0.3 is 7.82 Å². The summed E-state index contributed by atoms with van der Waals surface area (Å²) >= 11 is 0. The largest absolute Gasteiger partial charge is 0.471 e. The van der Waals surface area contributed by atoms with Gasteiger partial charge in [0.05, 0.1) is 0 Å². The van der Waals surface area contributed by atoms with Crippen molar-refractivity contribution in [2.45, 2.75) is 0 Å². The van der Waals surface area contributed by atoms with Crippen molar-refractivity contribution in [3.8, 4) is 0 Å².